The van der Waals surface area contributed by atoms with Gasteiger partial charge in [0.05, 0.1) is 0 Å². The van der Waals surface area contributed by atoms with Crippen LogP contribution in [0.25, 0.3) is 0 Å². The van der Waals surface area contributed by atoms with Crippen LogP contribution in [-0.2, 0) is 19.5 Å². The van der Waals surface area contributed by atoms with Crippen molar-refractivity contribution in [1.82, 2.24) is 0 Å². The van der Waals surface area contributed by atoms with Gasteiger partial charge in [0.2, 0.25) is 0 Å². The molecular formula is C4H8CoO-2. The molecule has 0 radical (unpaired) electrons. The molecule has 0 fully saturated rings. The fraction of sp³-hybridized carbons (Fsp3) is 0.250. The maximum absolute atomic E-state index is 7.94. The molecule has 0 aromatic carbocycles. The van der Waals surface area contributed by atoms with Crippen molar-refractivity contribution in [3.8, 4) is 0 Å². The molecule has 0 aliphatic rings. The van der Waals surface area contributed by atoms with E-state index in [2.05, 4.69) is 28.3 Å². The third kappa shape index (κ3) is 17400. The Bertz CT molecular complexity index is 21.5. The molecule has 6 heavy (non-hydrogen) atoms. The summed E-state index contributed by atoms with van der Waals surface area (Å²) in [6.45, 7) is 5.00. The molecule has 0 rings (SSSR count). The predicted molar refractivity (Wildman–Crippen MR) is 21.6 cm³/mol. The van der Waals surface area contributed by atoms with E-state index in [9.17, 15) is 0 Å². The van der Waals surface area contributed by atoms with E-state index < -0.39 is 0 Å². The van der Waals surface area contributed by atoms with Gasteiger partial charge in [-0.2, -0.15) is 6.92 Å². The Hall–Kier alpha value is 0.0465. The van der Waals surface area contributed by atoms with E-state index >= 15 is 0 Å². The fourth-order valence-electron chi connectivity index (χ4n) is 0. The van der Waals surface area contributed by atoms with Crippen molar-refractivity contribution in [1.29, 1.82) is 0 Å². The van der Waals surface area contributed by atoms with Crippen molar-refractivity contribution in [3.05, 3.63) is 20.1 Å². The Labute approximate surface area is 47.2 Å². The van der Waals surface area contributed by atoms with Crippen molar-refractivity contribution in [2.75, 3.05) is 0 Å². The maximum atomic E-state index is 7.94. The van der Waals surface area contributed by atoms with E-state index in [4.69, 9.17) is 3.87 Å². The van der Waals surface area contributed by atoms with Crippen LogP contribution in [0.2, 0.25) is 0 Å². The Morgan fingerprint density at radius 3 is 1.67 bits per heavy atom. The van der Waals surface area contributed by atoms with Crippen molar-refractivity contribution < 1.29 is 19.5 Å². The molecule has 41 valence electrons. The molecule has 0 aromatic rings. The van der Waals surface area contributed by atoms with Gasteiger partial charge >= 0.3 is 19.5 Å². The molecule has 0 aliphatic heterocycles. The van der Waals surface area contributed by atoms with Gasteiger partial charge in [0.1, 0.15) is 0 Å². The number of hydrogen-bond acceptors (Lipinski definition) is 1. The minimum atomic E-state index is 0. The molecule has 2 heteroatoms. The minimum absolute atomic E-state index is 0. The van der Waals surface area contributed by atoms with Crippen LogP contribution in [0.3, 0.4) is 0 Å². The Morgan fingerprint density at radius 1 is 1.67 bits per heavy atom. The van der Waals surface area contributed by atoms with Gasteiger partial charge in [-0.3, -0.25) is 6.58 Å². The molecule has 0 bridgehead atoms. The molecule has 0 aliphatic carbocycles. The summed E-state index contributed by atoms with van der Waals surface area (Å²) >= 11 is 2.31. The van der Waals surface area contributed by atoms with Crippen molar-refractivity contribution in [2.24, 2.45) is 0 Å². The molecule has 0 saturated carbocycles. The normalized spacial score (nSPS) is 3.00. The van der Waals surface area contributed by atoms with Crippen LogP contribution < -0.4 is 0 Å². The van der Waals surface area contributed by atoms with Gasteiger partial charge in [0.25, 0.3) is 0 Å². The van der Waals surface area contributed by atoms with E-state index in [1.807, 2.05) is 0 Å². The second kappa shape index (κ2) is 75.5. The molecule has 0 aromatic heterocycles. The van der Waals surface area contributed by atoms with Crippen molar-refractivity contribution >= 4 is 0 Å². The monoisotopic (exact) mass is 131 g/mol. The van der Waals surface area contributed by atoms with Gasteiger partial charge in [-0.05, 0) is 0 Å². The van der Waals surface area contributed by atoms with E-state index in [0.29, 0.717) is 0 Å². The Kier molecular flexibility index (Phi) is 209. The molecule has 0 atom stereocenters. The van der Waals surface area contributed by atoms with Crippen LogP contribution in [0.4, 0.5) is 0 Å². The zero-order valence-corrected chi connectivity index (χ0v) is 4.99. The van der Waals surface area contributed by atoms with Gasteiger partial charge in [-0.25, -0.2) is 0 Å². The van der Waals surface area contributed by atoms with Crippen molar-refractivity contribution in [2.45, 2.75) is 6.92 Å². The van der Waals surface area contributed by atoms with Gasteiger partial charge in [-0.1, -0.05) is 0 Å². The second-order valence-corrected chi connectivity index (χ2v) is 0.354. The van der Waals surface area contributed by atoms with Crippen LogP contribution in [0, 0.1) is 13.5 Å². The Balaban J connectivity index is -0.0000000275. The summed E-state index contributed by atoms with van der Waals surface area (Å²) in [7, 11) is 0. The van der Waals surface area contributed by atoms with E-state index in [1.165, 1.54) is 0 Å². The molecule has 0 saturated heterocycles. The van der Waals surface area contributed by atoms with E-state index in [0.717, 1.165) is 0 Å². The summed E-state index contributed by atoms with van der Waals surface area (Å²) in [5.74, 6) is 0. The summed E-state index contributed by atoms with van der Waals surface area (Å²) in [6.07, 6.45) is 2.50. The molecule has 0 spiro atoms. The third-order valence-electron chi connectivity index (χ3n) is 0. The summed E-state index contributed by atoms with van der Waals surface area (Å²) in [5, 5.41) is 0. The molecule has 0 unspecified atom stereocenters. The zero-order chi connectivity index (χ0) is 4.71. The number of rotatable bonds is 0. The first-order valence-corrected chi connectivity index (χ1v) is 1.41. The molecule has 0 heterocycles. The van der Waals surface area contributed by atoms with Crippen LogP contribution in [0.5, 0.6) is 0 Å². The first-order valence-electron chi connectivity index (χ1n) is 0.990. The SMILES string of the molecule is C=[C-]C.[CH3-].[O]=[Co]. The average molecular weight is 131 g/mol. The first-order chi connectivity index (χ1) is 2.41. The van der Waals surface area contributed by atoms with Crippen LogP contribution in [0.15, 0.2) is 6.58 Å². The summed E-state index contributed by atoms with van der Waals surface area (Å²) in [5.41, 5.74) is 0. The van der Waals surface area contributed by atoms with E-state index in [1.54, 1.807) is 6.92 Å². The summed E-state index contributed by atoms with van der Waals surface area (Å²) < 4.78 is 7.94. The van der Waals surface area contributed by atoms with Crippen LogP contribution in [-0.4, -0.2) is 0 Å². The summed E-state index contributed by atoms with van der Waals surface area (Å²) in [4.78, 5) is 0. The zero-order valence-electron chi connectivity index (χ0n) is 3.95. The van der Waals surface area contributed by atoms with Crippen molar-refractivity contribution in [3.63, 3.8) is 0 Å². The quantitative estimate of drug-likeness (QED) is 0.453. The number of allylic oxidation sites excluding steroid dienone is 1. The standard InChI is InChI=1S/C3H5.CH3.Co.O/c1-3-2;;;/h1H2,2H3;1H3;;/q2*-1;;. The van der Waals surface area contributed by atoms with Crippen LogP contribution >= 0.6 is 0 Å². The predicted octanol–water partition coefficient (Wildman–Crippen LogP) is 1.32. The third-order valence-corrected chi connectivity index (χ3v) is 0. The van der Waals surface area contributed by atoms with E-state index in [-0.39, 0.29) is 7.43 Å². The summed E-state index contributed by atoms with van der Waals surface area (Å²) in [6, 6.07) is 0. The molecule has 0 amide bonds. The topological polar surface area (TPSA) is 17.1 Å². The second-order valence-electron chi connectivity index (χ2n) is 0.354. The Morgan fingerprint density at radius 2 is 1.67 bits per heavy atom. The van der Waals surface area contributed by atoms with Gasteiger partial charge < -0.3 is 13.5 Å². The van der Waals surface area contributed by atoms with Gasteiger partial charge in [-0.15, -0.1) is 0 Å². The average Bonchev–Trinajstić information content (AvgIpc) is 1.46. The van der Waals surface area contributed by atoms with Gasteiger partial charge in [0.15, 0.2) is 0 Å². The first kappa shape index (κ1) is 16.6. The van der Waals surface area contributed by atoms with Crippen LogP contribution in [0.1, 0.15) is 6.92 Å². The molecule has 0 N–H and O–H groups in total. The fourth-order valence-corrected chi connectivity index (χ4v) is 0. The van der Waals surface area contributed by atoms with Gasteiger partial charge in [0, 0.05) is 0 Å². The molecule has 1 nitrogen and oxygen atoms in total. The molecular weight excluding hydrogens is 123 g/mol. The number of hydrogen-bond donors (Lipinski definition) is 0.